The molecule has 0 aliphatic heterocycles. The molecule has 120 valence electrons. The van der Waals surface area contributed by atoms with Gasteiger partial charge in [0.05, 0.1) is 0 Å². The standard InChI is InChI=1S/C14H28N6O/c1-4-15-14(16-9-7-8-10-21-6-3)17-11-13-19-18-12-20(13)5-2/h12H,4-11H2,1-3H3,(H2,15,16,17). The van der Waals surface area contributed by atoms with E-state index in [9.17, 15) is 0 Å². The van der Waals surface area contributed by atoms with E-state index in [1.54, 1.807) is 6.33 Å². The number of aliphatic imine (C=N–C) groups is 1. The van der Waals surface area contributed by atoms with Crippen molar-refractivity contribution in [2.45, 2.75) is 46.7 Å². The van der Waals surface area contributed by atoms with Gasteiger partial charge in [0, 0.05) is 32.8 Å². The number of nitrogens with one attached hydrogen (secondary N) is 2. The molecule has 0 aromatic carbocycles. The van der Waals surface area contributed by atoms with Gasteiger partial charge >= 0.3 is 0 Å². The fourth-order valence-electron chi connectivity index (χ4n) is 1.84. The second-order valence-corrected chi connectivity index (χ2v) is 4.56. The van der Waals surface area contributed by atoms with E-state index in [1.807, 2.05) is 11.5 Å². The molecule has 0 aliphatic rings. The largest absolute Gasteiger partial charge is 0.382 e. The van der Waals surface area contributed by atoms with Crippen molar-refractivity contribution in [3.05, 3.63) is 12.2 Å². The molecule has 0 radical (unpaired) electrons. The maximum absolute atomic E-state index is 5.32. The summed E-state index contributed by atoms with van der Waals surface area (Å²) in [6.07, 6.45) is 3.86. The Morgan fingerprint density at radius 1 is 1.29 bits per heavy atom. The average Bonchev–Trinajstić information content (AvgIpc) is 2.95. The van der Waals surface area contributed by atoms with Gasteiger partial charge < -0.3 is 19.9 Å². The van der Waals surface area contributed by atoms with Gasteiger partial charge in [0.15, 0.2) is 11.8 Å². The molecule has 7 nitrogen and oxygen atoms in total. The second kappa shape index (κ2) is 11.1. The number of rotatable bonds is 10. The summed E-state index contributed by atoms with van der Waals surface area (Å²) in [4.78, 5) is 4.54. The van der Waals surface area contributed by atoms with Gasteiger partial charge in [-0.25, -0.2) is 4.99 Å². The molecule has 2 N–H and O–H groups in total. The third-order valence-corrected chi connectivity index (χ3v) is 2.97. The van der Waals surface area contributed by atoms with Crippen molar-refractivity contribution in [3.8, 4) is 0 Å². The second-order valence-electron chi connectivity index (χ2n) is 4.56. The highest BCUT2D eigenvalue weighted by molar-refractivity contribution is 5.79. The van der Waals surface area contributed by atoms with Crippen LogP contribution in [0.15, 0.2) is 11.3 Å². The van der Waals surface area contributed by atoms with Crippen LogP contribution in [0, 0.1) is 0 Å². The van der Waals surface area contributed by atoms with Crippen molar-refractivity contribution in [3.63, 3.8) is 0 Å². The smallest absolute Gasteiger partial charge is 0.191 e. The molecule has 0 fully saturated rings. The molecule has 1 heterocycles. The molecular formula is C14H28N6O. The lowest BCUT2D eigenvalue weighted by molar-refractivity contribution is 0.143. The third kappa shape index (κ3) is 7.08. The Hall–Kier alpha value is -1.63. The van der Waals surface area contributed by atoms with Gasteiger partial charge in [0.25, 0.3) is 0 Å². The number of aryl methyl sites for hydroxylation is 1. The summed E-state index contributed by atoms with van der Waals surface area (Å²) >= 11 is 0. The molecule has 1 aromatic heterocycles. The maximum Gasteiger partial charge on any atom is 0.191 e. The summed E-state index contributed by atoms with van der Waals surface area (Å²) < 4.78 is 7.31. The predicted molar refractivity (Wildman–Crippen MR) is 84.2 cm³/mol. The molecule has 0 spiro atoms. The van der Waals surface area contributed by atoms with Crippen LogP contribution in [0.5, 0.6) is 0 Å². The first-order chi connectivity index (χ1) is 10.3. The van der Waals surface area contributed by atoms with E-state index in [0.29, 0.717) is 6.54 Å². The fourth-order valence-corrected chi connectivity index (χ4v) is 1.84. The summed E-state index contributed by atoms with van der Waals surface area (Å²) in [5.41, 5.74) is 0. The van der Waals surface area contributed by atoms with E-state index >= 15 is 0 Å². The van der Waals surface area contributed by atoms with E-state index < -0.39 is 0 Å². The molecule has 0 unspecified atom stereocenters. The molecule has 1 rings (SSSR count). The SMILES string of the molecule is CCNC(=NCc1nncn1CC)NCCCCOCC. The van der Waals surface area contributed by atoms with Crippen molar-refractivity contribution in [1.29, 1.82) is 0 Å². The van der Waals surface area contributed by atoms with Crippen LogP contribution in [-0.2, 0) is 17.8 Å². The molecular weight excluding hydrogens is 268 g/mol. The summed E-state index contributed by atoms with van der Waals surface area (Å²) in [6.45, 7) is 10.9. The van der Waals surface area contributed by atoms with Gasteiger partial charge in [-0.1, -0.05) is 0 Å². The normalized spacial score (nSPS) is 11.7. The van der Waals surface area contributed by atoms with Crippen LogP contribution in [0.25, 0.3) is 0 Å². The van der Waals surface area contributed by atoms with Crippen LogP contribution < -0.4 is 10.6 Å². The summed E-state index contributed by atoms with van der Waals surface area (Å²) in [7, 11) is 0. The Morgan fingerprint density at radius 2 is 2.14 bits per heavy atom. The van der Waals surface area contributed by atoms with E-state index in [1.165, 1.54) is 0 Å². The first-order valence-corrected chi connectivity index (χ1v) is 7.78. The number of ether oxygens (including phenoxy) is 1. The summed E-state index contributed by atoms with van der Waals surface area (Å²) in [5.74, 6) is 1.70. The Kier molecular flexibility index (Phi) is 9.19. The van der Waals surface area contributed by atoms with E-state index in [4.69, 9.17) is 4.74 Å². The van der Waals surface area contributed by atoms with Gasteiger partial charge in [-0.3, -0.25) is 0 Å². The van der Waals surface area contributed by atoms with Crippen molar-refractivity contribution in [2.75, 3.05) is 26.3 Å². The minimum Gasteiger partial charge on any atom is -0.382 e. The topological polar surface area (TPSA) is 76.4 Å². The first-order valence-electron chi connectivity index (χ1n) is 7.78. The monoisotopic (exact) mass is 296 g/mol. The van der Waals surface area contributed by atoms with Crippen LogP contribution in [-0.4, -0.2) is 47.0 Å². The molecule has 21 heavy (non-hydrogen) atoms. The van der Waals surface area contributed by atoms with Gasteiger partial charge in [-0.15, -0.1) is 10.2 Å². The molecule has 0 saturated heterocycles. The van der Waals surface area contributed by atoms with Crippen LogP contribution in [0.4, 0.5) is 0 Å². The Bertz CT molecular complexity index is 404. The van der Waals surface area contributed by atoms with E-state index in [2.05, 4.69) is 39.7 Å². The Labute approximate surface area is 127 Å². The molecule has 0 bridgehead atoms. The van der Waals surface area contributed by atoms with Crippen LogP contribution in [0.3, 0.4) is 0 Å². The minimum atomic E-state index is 0.530. The van der Waals surface area contributed by atoms with Crippen molar-refractivity contribution < 1.29 is 4.74 Å². The van der Waals surface area contributed by atoms with Gasteiger partial charge in [-0.2, -0.15) is 0 Å². The molecule has 0 amide bonds. The zero-order valence-corrected chi connectivity index (χ0v) is 13.4. The molecule has 1 aromatic rings. The number of guanidine groups is 1. The number of unbranched alkanes of at least 4 members (excludes halogenated alkanes) is 1. The summed E-state index contributed by atoms with van der Waals surface area (Å²) in [5, 5.41) is 14.6. The minimum absolute atomic E-state index is 0.530. The van der Waals surface area contributed by atoms with Crippen LogP contribution in [0.2, 0.25) is 0 Å². The fraction of sp³-hybridized carbons (Fsp3) is 0.786. The molecule has 0 aliphatic carbocycles. The zero-order valence-electron chi connectivity index (χ0n) is 13.4. The Morgan fingerprint density at radius 3 is 2.86 bits per heavy atom. The van der Waals surface area contributed by atoms with Crippen molar-refractivity contribution >= 4 is 5.96 Å². The van der Waals surface area contributed by atoms with E-state index in [0.717, 1.165) is 57.5 Å². The van der Waals surface area contributed by atoms with Crippen molar-refractivity contribution in [1.82, 2.24) is 25.4 Å². The summed E-state index contributed by atoms with van der Waals surface area (Å²) in [6, 6.07) is 0. The predicted octanol–water partition coefficient (Wildman–Crippen LogP) is 1.17. The zero-order chi connectivity index (χ0) is 15.3. The van der Waals surface area contributed by atoms with Crippen molar-refractivity contribution in [2.24, 2.45) is 4.99 Å². The lowest BCUT2D eigenvalue weighted by Crippen LogP contribution is -2.37. The Balaban J connectivity index is 2.36. The van der Waals surface area contributed by atoms with E-state index in [-0.39, 0.29) is 0 Å². The van der Waals surface area contributed by atoms with Gasteiger partial charge in [0.1, 0.15) is 12.9 Å². The molecule has 0 saturated carbocycles. The lowest BCUT2D eigenvalue weighted by atomic mass is 10.3. The number of nitrogens with zero attached hydrogens (tertiary/aromatic N) is 4. The van der Waals surface area contributed by atoms with Gasteiger partial charge in [0.2, 0.25) is 0 Å². The average molecular weight is 296 g/mol. The van der Waals surface area contributed by atoms with Crippen LogP contribution >= 0.6 is 0 Å². The highest BCUT2D eigenvalue weighted by Gasteiger charge is 2.02. The maximum atomic E-state index is 5.32. The highest BCUT2D eigenvalue weighted by atomic mass is 16.5. The quantitative estimate of drug-likeness (QED) is 0.385. The first kappa shape index (κ1) is 17.4. The number of hydrogen-bond donors (Lipinski definition) is 2. The third-order valence-electron chi connectivity index (χ3n) is 2.97. The van der Waals surface area contributed by atoms with Crippen LogP contribution in [0.1, 0.15) is 39.4 Å². The lowest BCUT2D eigenvalue weighted by Gasteiger charge is -2.11. The molecule has 7 heteroatoms. The number of hydrogen-bond acceptors (Lipinski definition) is 4. The molecule has 0 atom stereocenters. The number of aromatic nitrogens is 3. The highest BCUT2D eigenvalue weighted by Crippen LogP contribution is 1.97. The van der Waals surface area contributed by atoms with Gasteiger partial charge in [-0.05, 0) is 33.6 Å².